The molecule has 4 N–H and O–H groups in total. The molecule has 33 heavy (non-hydrogen) atoms. The Kier molecular flexibility index (Phi) is 9.45. The zero-order valence-electron chi connectivity index (χ0n) is 19.7. The van der Waals surface area contributed by atoms with Crippen LogP contribution in [0.5, 0.6) is 5.75 Å². The van der Waals surface area contributed by atoms with Gasteiger partial charge in [-0.15, -0.1) is 0 Å². The number of aromatic nitrogens is 2. The molecule has 9 nitrogen and oxygen atoms in total. The maximum Gasteiger partial charge on any atom is 0.307 e. The summed E-state index contributed by atoms with van der Waals surface area (Å²) < 4.78 is 28.9. The number of methoxy groups -OCH3 is 1. The van der Waals surface area contributed by atoms with Crippen LogP contribution in [0.15, 0.2) is 18.2 Å². The van der Waals surface area contributed by atoms with Crippen LogP contribution in [0.2, 0.25) is 0 Å². The van der Waals surface area contributed by atoms with Crippen molar-refractivity contribution in [1.82, 2.24) is 9.97 Å². The van der Waals surface area contributed by atoms with Gasteiger partial charge in [0, 0.05) is 30.0 Å². The molecule has 0 aliphatic rings. The van der Waals surface area contributed by atoms with E-state index < -0.39 is 15.8 Å². The summed E-state index contributed by atoms with van der Waals surface area (Å²) in [7, 11) is -1.53. The number of nitrogens with zero attached hydrogens (tertiary/aromatic N) is 2. The lowest BCUT2D eigenvalue weighted by Gasteiger charge is -2.22. The number of carboxylic acids is 1. The lowest BCUT2D eigenvalue weighted by Crippen LogP contribution is -2.25. The Morgan fingerprint density at radius 3 is 2.61 bits per heavy atom. The second-order valence-corrected chi connectivity index (χ2v) is 10.5. The highest BCUT2D eigenvalue weighted by atomic mass is 32.2. The maximum absolute atomic E-state index is 11.7. The molecule has 2 rings (SSSR count). The number of ether oxygens (including phenoxy) is 1. The summed E-state index contributed by atoms with van der Waals surface area (Å²) in [6, 6.07) is 5.20. The molecule has 0 bridgehead atoms. The predicted octanol–water partition coefficient (Wildman–Crippen LogP) is 3.00. The van der Waals surface area contributed by atoms with E-state index in [2.05, 4.69) is 22.2 Å². The van der Waals surface area contributed by atoms with E-state index in [1.807, 2.05) is 13.0 Å². The first-order valence-corrected chi connectivity index (χ1v) is 13.0. The molecule has 0 spiro atoms. The van der Waals surface area contributed by atoms with Gasteiger partial charge in [0.05, 0.1) is 19.3 Å². The van der Waals surface area contributed by atoms with E-state index in [4.69, 9.17) is 15.6 Å². The zero-order valence-corrected chi connectivity index (χ0v) is 20.5. The minimum absolute atomic E-state index is 0.0777. The molecule has 0 fully saturated rings. The number of anilines is 2. The number of carboxylic acid groups (broad SMARTS) is 1. The molecular formula is C23H34N4O5S. The number of benzene rings is 1. The van der Waals surface area contributed by atoms with Crippen molar-refractivity contribution in [3.63, 3.8) is 0 Å². The largest absolute Gasteiger partial charge is 0.496 e. The fourth-order valence-electron chi connectivity index (χ4n) is 3.68. The quantitative estimate of drug-likeness (QED) is 0.395. The Morgan fingerprint density at radius 1 is 1.27 bits per heavy atom. The summed E-state index contributed by atoms with van der Waals surface area (Å²) in [6.45, 7) is 3.92. The van der Waals surface area contributed by atoms with E-state index in [-0.39, 0.29) is 24.2 Å². The molecule has 1 atom stereocenters. The van der Waals surface area contributed by atoms with Gasteiger partial charge in [-0.3, -0.25) is 4.79 Å². The highest BCUT2D eigenvalue weighted by Crippen LogP contribution is 2.28. The van der Waals surface area contributed by atoms with Gasteiger partial charge in [0.25, 0.3) is 0 Å². The Labute approximate surface area is 195 Å². The predicted molar refractivity (Wildman–Crippen MR) is 130 cm³/mol. The third kappa shape index (κ3) is 8.53. The number of nitrogens with two attached hydrogens (primary N) is 1. The normalized spacial score (nSPS) is 12.4. The topological polar surface area (TPSA) is 144 Å². The molecule has 0 saturated heterocycles. The molecule has 182 valence electrons. The molecule has 0 amide bonds. The van der Waals surface area contributed by atoms with Crippen LogP contribution in [0.1, 0.15) is 55.0 Å². The number of sulfone groups is 1. The van der Waals surface area contributed by atoms with Crippen molar-refractivity contribution >= 4 is 27.6 Å². The molecule has 1 aromatic carbocycles. The van der Waals surface area contributed by atoms with Crippen molar-refractivity contribution in [2.24, 2.45) is 0 Å². The number of nitrogen functional groups attached to an aromatic ring is 1. The average molecular weight is 479 g/mol. The molecule has 1 heterocycles. The molecule has 1 unspecified atom stereocenters. The van der Waals surface area contributed by atoms with Crippen LogP contribution < -0.4 is 15.8 Å². The fraction of sp³-hybridized carbons (Fsp3) is 0.522. The molecular weight excluding hydrogens is 444 g/mol. The number of aryl methyl sites for hydroxylation is 1. The number of hydrogen-bond donors (Lipinski definition) is 3. The van der Waals surface area contributed by atoms with Crippen LogP contribution in [-0.4, -0.2) is 54.6 Å². The summed E-state index contributed by atoms with van der Waals surface area (Å²) >= 11 is 0. The number of rotatable bonds is 13. The van der Waals surface area contributed by atoms with Crippen molar-refractivity contribution in [3.8, 4) is 5.75 Å². The van der Waals surface area contributed by atoms with Crippen LogP contribution in [0.3, 0.4) is 0 Å². The first-order chi connectivity index (χ1) is 15.5. The van der Waals surface area contributed by atoms with Gasteiger partial charge in [0.2, 0.25) is 5.95 Å². The number of unbranched alkanes of at least 4 members (excludes halogenated alkanes) is 1. The van der Waals surface area contributed by atoms with E-state index >= 15 is 0 Å². The van der Waals surface area contributed by atoms with Crippen molar-refractivity contribution in [2.45, 2.75) is 58.4 Å². The van der Waals surface area contributed by atoms with Crippen molar-refractivity contribution in [1.29, 1.82) is 0 Å². The Hall–Kier alpha value is -2.88. The number of aliphatic carboxylic acids is 1. The van der Waals surface area contributed by atoms with Gasteiger partial charge in [0.1, 0.15) is 21.4 Å². The van der Waals surface area contributed by atoms with Crippen molar-refractivity contribution in [3.05, 3.63) is 40.6 Å². The summed E-state index contributed by atoms with van der Waals surface area (Å²) in [6.07, 6.45) is 4.73. The lowest BCUT2D eigenvalue weighted by atomic mass is 9.99. The third-order valence-electron chi connectivity index (χ3n) is 5.38. The van der Waals surface area contributed by atoms with Crippen LogP contribution in [0, 0.1) is 6.92 Å². The van der Waals surface area contributed by atoms with Crippen LogP contribution >= 0.6 is 0 Å². The smallest absolute Gasteiger partial charge is 0.307 e. The van der Waals surface area contributed by atoms with Crippen molar-refractivity contribution in [2.75, 3.05) is 30.2 Å². The average Bonchev–Trinajstić information content (AvgIpc) is 2.71. The van der Waals surface area contributed by atoms with Gasteiger partial charge < -0.3 is 20.9 Å². The highest BCUT2D eigenvalue weighted by Gasteiger charge is 2.19. The van der Waals surface area contributed by atoms with Crippen LogP contribution in [0.4, 0.5) is 11.8 Å². The molecule has 2 aromatic rings. The molecule has 1 aromatic heterocycles. The van der Waals surface area contributed by atoms with Gasteiger partial charge in [-0.1, -0.05) is 31.9 Å². The monoisotopic (exact) mass is 478 g/mol. The van der Waals surface area contributed by atoms with Gasteiger partial charge >= 0.3 is 5.97 Å². The molecule has 0 aliphatic carbocycles. The van der Waals surface area contributed by atoms with Gasteiger partial charge in [0.15, 0.2) is 0 Å². The Balaban J connectivity index is 2.41. The van der Waals surface area contributed by atoms with Gasteiger partial charge in [-0.05, 0) is 37.0 Å². The minimum Gasteiger partial charge on any atom is -0.496 e. The SMILES string of the molecule is CCCCC(CCS(C)(=O)=O)Nc1nc(N)nc(C)c1Cc1cc(CC(=O)O)ccc1OC. The first kappa shape index (κ1) is 26.4. The van der Waals surface area contributed by atoms with E-state index in [1.54, 1.807) is 19.2 Å². The second-order valence-electron chi connectivity index (χ2n) is 8.29. The first-order valence-electron chi connectivity index (χ1n) is 11.0. The molecule has 0 aliphatic heterocycles. The minimum atomic E-state index is -3.10. The van der Waals surface area contributed by atoms with Crippen LogP contribution in [-0.2, 0) is 27.5 Å². The summed E-state index contributed by atoms with van der Waals surface area (Å²) in [5.74, 6) is 0.480. The summed E-state index contributed by atoms with van der Waals surface area (Å²) in [5.41, 5.74) is 8.88. The van der Waals surface area contributed by atoms with Crippen molar-refractivity contribution < 1.29 is 23.1 Å². The Morgan fingerprint density at radius 2 is 2.00 bits per heavy atom. The third-order valence-corrected chi connectivity index (χ3v) is 6.36. The molecule has 0 radical (unpaired) electrons. The highest BCUT2D eigenvalue weighted by molar-refractivity contribution is 7.90. The Bertz CT molecular complexity index is 1070. The molecule has 0 saturated carbocycles. The number of carbonyl (C=O) groups is 1. The second kappa shape index (κ2) is 11.8. The van der Waals surface area contributed by atoms with E-state index in [0.717, 1.165) is 30.4 Å². The maximum atomic E-state index is 11.7. The zero-order chi connectivity index (χ0) is 24.6. The summed E-state index contributed by atoms with van der Waals surface area (Å²) in [5, 5.41) is 12.6. The number of hydrogen-bond acceptors (Lipinski definition) is 8. The number of nitrogens with one attached hydrogen (secondary N) is 1. The van der Waals surface area contributed by atoms with E-state index in [9.17, 15) is 13.2 Å². The van der Waals surface area contributed by atoms with Gasteiger partial charge in [-0.25, -0.2) is 13.4 Å². The van der Waals surface area contributed by atoms with E-state index in [1.165, 1.54) is 6.26 Å². The summed E-state index contributed by atoms with van der Waals surface area (Å²) in [4.78, 5) is 19.9. The fourth-order valence-corrected chi connectivity index (χ4v) is 4.40. The van der Waals surface area contributed by atoms with E-state index in [0.29, 0.717) is 35.7 Å². The molecule has 10 heteroatoms. The lowest BCUT2D eigenvalue weighted by molar-refractivity contribution is -0.136. The van der Waals surface area contributed by atoms with Crippen LogP contribution in [0.25, 0.3) is 0 Å². The standard InChI is InChI=1S/C23H34N4O5S/c1-5-6-7-18(10-11-33(4,30)31)26-22-19(15(2)25-23(24)27-22)14-17-12-16(13-21(28)29)8-9-20(17)32-3/h8-9,12,18H,5-7,10-11,13-14H2,1-4H3,(H,28,29)(H3,24,25,26,27). The van der Waals surface area contributed by atoms with Gasteiger partial charge in [-0.2, -0.15) is 4.98 Å².